The van der Waals surface area contributed by atoms with Crippen molar-refractivity contribution in [2.24, 2.45) is 0 Å². The van der Waals surface area contributed by atoms with Crippen LogP contribution >= 0.6 is 0 Å². The fraction of sp³-hybridized carbons (Fsp3) is 0.500. The van der Waals surface area contributed by atoms with Gasteiger partial charge in [-0.1, -0.05) is 30.3 Å². The Morgan fingerprint density at radius 1 is 1.39 bits per heavy atom. The van der Waals surface area contributed by atoms with Crippen molar-refractivity contribution in [2.45, 2.75) is 18.8 Å². The van der Waals surface area contributed by atoms with Gasteiger partial charge in [-0.05, 0) is 12.0 Å². The van der Waals surface area contributed by atoms with Gasteiger partial charge in [-0.15, -0.1) is 0 Å². The molecule has 1 aromatic rings. The van der Waals surface area contributed by atoms with Gasteiger partial charge < -0.3 is 15.2 Å². The first-order valence-electron chi connectivity index (χ1n) is 6.19. The highest BCUT2D eigenvalue weighted by Crippen LogP contribution is 2.18. The molecular weight excluding hydrogens is 230 g/mol. The zero-order chi connectivity index (χ0) is 13.2. The molecule has 0 aliphatic rings. The van der Waals surface area contributed by atoms with Gasteiger partial charge in [0, 0.05) is 32.6 Å². The number of ether oxygens (including phenoxy) is 1. The van der Waals surface area contributed by atoms with Crippen molar-refractivity contribution in [3.05, 3.63) is 35.9 Å². The van der Waals surface area contributed by atoms with Crippen molar-refractivity contribution < 1.29 is 14.6 Å². The lowest BCUT2D eigenvalue weighted by Gasteiger charge is -2.17. The Balaban J connectivity index is 2.46. The predicted molar refractivity (Wildman–Crippen MR) is 70.4 cm³/mol. The third-order valence-corrected chi connectivity index (χ3v) is 2.83. The van der Waals surface area contributed by atoms with Crippen LogP contribution in [-0.4, -0.2) is 37.9 Å². The summed E-state index contributed by atoms with van der Waals surface area (Å²) in [5.74, 6) is 0.137. The first-order chi connectivity index (χ1) is 8.77. The Kier molecular flexibility index (Phi) is 7.06. The summed E-state index contributed by atoms with van der Waals surface area (Å²) in [6.45, 7) is 1.10. The van der Waals surface area contributed by atoms with Crippen molar-refractivity contribution in [1.82, 2.24) is 5.32 Å². The molecule has 0 aliphatic heterocycles. The van der Waals surface area contributed by atoms with Crippen LogP contribution in [0.15, 0.2) is 30.3 Å². The highest BCUT2D eigenvalue weighted by Gasteiger charge is 2.12. The van der Waals surface area contributed by atoms with Crippen molar-refractivity contribution in [1.29, 1.82) is 0 Å². The van der Waals surface area contributed by atoms with Gasteiger partial charge >= 0.3 is 0 Å². The lowest BCUT2D eigenvalue weighted by molar-refractivity contribution is -0.122. The summed E-state index contributed by atoms with van der Waals surface area (Å²) in [6, 6.07) is 9.92. The van der Waals surface area contributed by atoms with Crippen LogP contribution in [0.3, 0.4) is 0 Å². The molecule has 0 spiro atoms. The van der Waals surface area contributed by atoms with E-state index >= 15 is 0 Å². The number of hydrogen-bond acceptors (Lipinski definition) is 3. The third-order valence-electron chi connectivity index (χ3n) is 2.83. The standard InChI is InChI=1S/C14H21NO3/c1-18-10-8-14(17)15-11-13(7-9-16)12-5-3-2-4-6-12/h2-6,13,16H,7-11H2,1H3,(H,15,17). The van der Waals surface area contributed by atoms with Crippen LogP contribution in [0.1, 0.15) is 24.3 Å². The topological polar surface area (TPSA) is 58.6 Å². The van der Waals surface area contributed by atoms with Crippen LogP contribution in [0.2, 0.25) is 0 Å². The normalized spacial score (nSPS) is 12.1. The molecular formula is C14H21NO3. The average molecular weight is 251 g/mol. The molecule has 1 aromatic carbocycles. The molecule has 0 aromatic heterocycles. The fourth-order valence-corrected chi connectivity index (χ4v) is 1.79. The van der Waals surface area contributed by atoms with Gasteiger partial charge in [0.25, 0.3) is 0 Å². The van der Waals surface area contributed by atoms with Gasteiger partial charge in [-0.25, -0.2) is 0 Å². The van der Waals surface area contributed by atoms with E-state index in [4.69, 9.17) is 9.84 Å². The van der Waals surface area contributed by atoms with E-state index < -0.39 is 0 Å². The monoisotopic (exact) mass is 251 g/mol. The van der Waals surface area contributed by atoms with E-state index in [1.165, 1.54) is 0 Å². The Morgan fingerprint density at radius 3 is 2.72 bits per heavy atom. The number of methoxy groups -OCH3 is 1. The zero-order valence-electron chi connectivity index (χ0n) is 10.8. The zero-order valence-corrected chi connectivity index (χ0v) is 10.8. The molecule has 0 heterocycles. The molecule has 0 fully saturated rings. The van der Waals surface area contributed by atoms with Crippen molar-refractivity contribution >= 4 is 5.91 Å². The Hall–Kier alpha value is -1.39. The molecule has 4 nitrogen and oxygen atoms in total. The van der Waals surface area contributed by atoms with Gasteiger partial charge in [-0.3, -0.25) is 4.79 Å². The van der Waals surface area contributed by atoms with Crippen LogP contribution in [0.5, 0.6) is 0 Å². The number of rotatable bonds is 8. The van der Waals surface area contributed by atoms with Crippen molar-refractivity contribution in [3.8, 4) is 0 Å². The second-order valence-corrected chi connectivity index (χ2v) is 4.17. The predicted octanol–water partition coefficient (Wildman–Crippen LogP) is 1.31. The summed E-state index contributed by atoms with van der Waals surface area (Å²) in [4.78, 5) is 11.5. The van der Waals surface area contributed by atoms with Gasteiger partial charge in [0.05, 0.1) is 6.61 Å². The molecule has 0 aliphatic carbocycles. The Bertz CT molecular complexity index is 340. The lowest BCUT2D eigenvalue weighted by atomic mass is 9.96. The summed E-state index contributed by atoms with van der Waals surface area (Å²) >= 11 is 0. The largest absolute Gasteiger partial charge is 0.396 e. The molecule has 0 saturated heterocycles. The average Bonchev–Trinajstić information content (AvgIpc) is 2.42. The van der Waals surface area contributed by atoms with Crippen LogP contribution in [-0.2, 0) is 9.53 Å². The third kappa shape index (κ3) is 5.29. The molecule has 100 valence electrons. The number of benzene rings is 1. The van der Waals surface area contributed by atoms with E-state index in [1.807, 2.05) is 30.3 Å². The smallest absolute Gasteiger partial charge is 0.222 e. The van der Waals surface area contributed by atoms with Crippen LogP contribution < -0.4 is 5.32 Å². The SMILES string of the molecule is COCCC(=O)NCC(CCO)c1ccccc1. The van der Waals surface area contributed by atoms with Crippen molar-refractivity contribution in [2.75, 3.05) is 26.9 Å². The minimum absolute atomic E-state index is 0.0179. The molecule has 1 unspecified atom stereocenters. The summed E-state index contributed by atoms with van der Waals surface area (Å²) in [6.07, 6.45) is 1.02. The van der Waals surface area contributed by atoms with Gasteiger partial charge in [0.15, 0.2) is 0 Å². The molecule has 1 atom stereocenters. The van der Waals surface area contributed by atoms with Crippen LogP contribution in [0.4, 0.5) is 0 Å². The van der Waals surface area contributed by atoms with E-state index in [9.17, 15) is 4.79 Å². The maximum absolute atomic E-state index is 11.5. The minimum atomic E-state index is -0.0179. The Morgan fingerprint density at radius 2 is 2.11 bits per heavy atom. The van der Waals surface area contributed by atoms with E-state index in [1.54, 1.807) is 7.11 Å². The summed E-state index contributed by atoms with van der Waals surface area (Å²) in [7, 11) is 1.58. The van der Waals surface area contributed by atoms with E-state index in [-0.39, 0.29) is 18.4 Å². The highest BCUT2D eigenvalue weighted by molar-refractivity contribution is 5.76. The van der Waals surface area contributed by atoms with Gasteiger partial charge in [-0.2, -0.15) is 0 Å². The molecule has 1 amide bonds. The molecule has 0 saturated carbocycles. The number of carbonyl (C=O) groups is 1. The van der Waals surface area contributed by atoms with E-state index in [0.717, 1.165) is 5.56 Å². The maximum atomic E-state index is 11.5. The van der Waals surface area contributed by atoms with Crippen molar-refractivity contribution in [3.63, 3.8) is 0 Å². The van der Waals surface area contributed by atoms with E-state index in [2.05, 4.69) is 5.32 Å². The maximum Gasteiger partial charge on any atom is 0.222 e. The molecule has 4 heteroatoms. The van der Waals surface area contributed by atoms with Gasteiger partial charge in [0.1, 0.15) is 0 Å². The molecule has 0 radical (unpaired) electrons. The Labute approximate surface area is 108 Å². The fourth-order valence-electron chi connectivity index (χ4n) is 1.79. The summed E-state index contributed by atoms with van der Waals surface area (Å²) in [5, 5.41) is 11.9. The molecule has 0 bridgehead atoms. The second kappa shape index (κ2) is 8.66. The highest BCUT2D eigenvalue weighted by atomic mass is 16.5. The number of aliphatic hydroxyl groups excluding tert-OH is 1. The van der Waals surface area contributed by atoms with E-state index in [0.29, 0.717) is 26.0 Å². The first-order valence-corrected chi connectivity index (χ1v) is 6.19. The first kappa shape index (κ1) is 14.7. The number of hydrogen-bond donors (Lipinski definition) is 2. The van der Waals surface area contributed by atoms with Crippen LogP contribution in [0, 0.1) is 0 Å². The molecule has 2 N–H and O–H groups in total. The number of nitrogens with one attached hydrogen (secondary N) is 1. The number of carbonyl (C=O) groups excluding carboxylic acids is 1. The number of aliphatic hydroxyl groups is 1. The quantitative estimate of drug-likeness (QED) is 0.732. The minimum Gasteiger partial charge on any atom is -0.396 e. The second-order valence-electron chi connectivity index (χ2n) is 4.17. The summed E-state index contributed by atoms with van der Waals surface area (Å²) < 4.78 is 4.85. The molecule has 1 rings (SSSR count). The molecule has 18 heavy (non-hydrogen) atoms. The summed E-state index contributed by atoms with van der Waals surface area (Å²) in [5.41, 5.74) is 1.14. The van der Waals surface area contributed by atoms with Crippen LogP contribution in [0.25, 0.3) is 0 Å². The lowest BCUT2D eigenvalue weighted by Crippen LogP contribution is -2.29. The number of amides is 1. The van der Waals surface area contributed by atoms with Gasteiger partial charge in [0.2, 0.25) is 5.91 Å².